The first-order chi connectivity index (χ1) is 15.2. The fourth-order valence-corrected chi connectivity index (χ4v) is 9.35. The number of rotatable bonds is 7. The van der Waals surface area contributed by atoms with Crippen LogP contribution in [0.4, 0.5) is 0 Å². The van der Waals surface area contributed by atoms with Gasteiger partial charge in [0, 0.05) is 5.92 Å². The zero-order chi connectivity index (χ0) is 23.3. The minimum atomic E-state index is -0.646. The maximum atomic E-state index is 11.4. The number of hydrogen-bond donors (Lipinski definition) is 5. The van der Waals surface area contributed by atoms with E-state index in [0.717, 1.165) is 32.1 Å². The Morgan fingerprint density at radius 2 is 1.50 bits per heavy atom. The molecule has 5 heteroatoms. The quantitative estimate of drug-likeness (QED) is 0.408. The van der Waals surface area contributed by atoms with Crippen molar-refractivity contribution in [2.24, 2.45) is 52.3 Å². The molecule has 5 unspecified atom stereocenters. The highest BCUT2D eigenvalue weighted by atomic mass is 16.3. The van der Waals surface area contributed by atoms with Crippen LogP contribution in [-0.2, 0) is 0 Å². The summed E-state index contributed by atoms with van der Waals surface area (Å²) in [6, 6.07) is 0. The molecular formula is C27H48O5. The monoisotopic (exact) mass is 452 g/mol. The molecule has 0 aromatic rings. The highest BCUT2D eigenvalue weighted by molar-refractivity contribution is 5.11. The normalized spacial score (nSPS) is 48.1. The third-order valence-electron chi connectivity index (χ3n) is 11.3. The van der Waals surface area contributed by atoms with Gasteiger partial charge in [-0.2, -0.15) is 0 Å². The zero-order valence-electron chi connectivity index (χ0n) is 20.5. The number of aliphatic hydroxyl groups excluding tert-OH is 5. The number of hydrogen-bond acceptors (Lipinski definition) is 5. The number of fused-ring (bicyclic) bond motifs is 5. The van der Waals surface area contributed by atoms with E-state index >= 15 is 0 Å². The van der Waals surface area contributed by atoms with Gasteiger partial charge in [-0.15, -0.1) is 0 Å². The fraction of sp³-hybridized carbons (Fsp3) is 1.00. The summed E-state index contributed by atoms with van der Waals surface area (Å²) in [6.45, 7) is 6.92. The Bertz CT molecular complexity index is 638. The maximum absolute atomic E-state index is 11.4. The van der Waals surface area contributed by atoms with Gasteiger partial charge in [-0.25, -0.2) is 0 Å². The summed E-state index contributed by atoms with van der Waals surface area (Å²) in [5.74, 6) is 2.64. The van der Waals surface area contributed by atoms with Crippen molar-refractivity contribution in [2.45, 2.75) is 103 Å². The summed E-state index contributed by atoms with van der Waals surface area (Å²) in [7, 11) is 0. The Labute approximate surface area is 194 Å². The summed E-state index contributed by atoms with van der Waals surface area (Å²) >= 11 is 0. The number of aliphatic hydroxyl groups is 5. The Hall–Kier alpha value is -0.200. The van der Waals surface area contributed by atoms with Crippen LogP contribution in [0.5, 0.6) is 0 Å². The lowest BCUT2D eigenvalue weighted by atomic mass is 9.43. The second-order valence-corrected chi connectivity index (χ2v) is 12.7. The van der Waals surface area contributed by atoms with Gasteiger partial charge in [0.05, 0.1) is 31.5 Å². The average Bonchev–Trinajstić information content (AvgIpc) is 3.11. The Morgan fingerprint density at radius 1 is 0.844 bits per heavy atom. The molecule has 0 aromatic carbocycles. The van der Waals surface area contributed by atoms with Crippen molar-refractivity contribution in [2.75, 3.05) is 13.2 Å². The average molecular weight is 453 g/mol. The van der Waals surface area contributed by atoms with E-state index in [2.05, 4.69) is 20.8 Å². The predicted molar refractivity (Wildman–Crippen MR) is 125 cm³/mol. The van der Waals surface area contributed by atoms with Gasteiger partial charge in [0.2, 0.25) is 0 Å². The van der Waals surface area contributed by atoms with E-state index in [0.29, 0.717) is 41.9 Å². The molecule has 0 aliphatic heterocycles. The third kappa shape index (κ3) is 4.08. The van der Waals surface area contributed by atoms with Crippen LogP contribution in [0.15, 0.2) is 0 Å². The Kier molecular flexibility index (Phi) is 7.36. The van der Waals surface area contributed by atoms with Crippen LogP contribution >= 0.6 is 0 Å². The molecule has 0 heterocycles. The Balaban J connectivity index is 1.46. The summed E-state index contributed by atoms with van der Waals surface area (Å²) in [6.07, 6.45) is 9.04. The third-order valence-corrected chi connectivity index (χ3v) is 11.3. The molecule has 0 aromatic heterocycles. The smallest absolute Gasteiger partial charge is 0.0612 e. The fourth-order valence-electron chi connectivity index (χ4n) is 9.35. The van der Waals surface area contributed by atoms with Crippen LogP contribution < -0.4 is 0 Å². The van der Waals surface area contributed by atoms with Crippen molar-refractivity contribution in [1.82, 2.24) is 0 Å². The molecule has 4 rings (SSSR count). The van der Waals surface area contributed by atoms with E-state index in [1.165, 1.54) is 25.7 Å². The molecule has 0 bridgehead atoms. The van der Waals surface area contributed by atoms with Gasteiger partial charge in [0.25, 0.3) is 0 Å². The van der Waals surface area contributed by atoms with Gasteiger partial charge in [-0.1, -0.05) is 20.8 Å². The summed E-state index contributed by atoms with van der Waals surface area (Å²) in [4.78, 5) is 0. The SMILES string of the molecule is C[C@H](CC[C@@H](O)C(CO)CO)C1CCC2C3C(CC[C@@]21C)[C@@]1(C)CC[C@@H](O)CC1C[C@H]3O. The lowest BCUT2D eigenvalue weighted by Gasteiger charge is -2.62. The van der Waals surface area contributed by atoms with Gasteiger partial charge < -0.3 is 25.5 Å². The topological polar surface area (TPSA) is 101 Å². The van der Waals surface area contributed by atoms with Crippen LogP contribution in [0.2, 0.25) is 0 Å². The van der Waals surface area contributed by atoms with Crippen molar-refractivity contribution >= 4 is 0 Å². The molecule has 11 atom stereocenters. The molecule has 5 N–H and O–H groups in total. The van der Waals surface area contributed by atoms with Gasteiger partial charge in [0.15, 0.2) is 0 Å². The summed E-state index contributed by atoms with van der Waals surface area (Å²) in [5.41, 5.74) is 0.513. The largest absolute Gasteiger partial charge is 0.396 e. The summed E-state index contributed by atoms with van der Waals surface area (Å²) < 4.78 is 0. The van der Waals surface area contributed by atoms with Gasteiger partial charge in [-0.05, 0) is 111 Å². The second-order valence-electron chi connectivity index (χ2n) is 12.7. The van der Waals surface area contributed by atoms with Crippen LogP contribution in [0.3, 0.4) is 0 Å². The van der Waals surface area contributed by atoms with Crippen LogP contribution in [-0.4, -0.2) is 57.1 Å². The van der Waals surface area contributed by atoms with Crippen LogP contribution in [0, 0.1) is 52.3 Å². The van der Waals surface area contributed by atoms with Crippen LogP contribution in [0.25, 0.3) is 0 Å². The highest BCUT2D eigenvalue weighted by Crippen LogP contribution is 2.68. The molecule has 0 radical (unpaired) electrons. The maximum Gasteiger partial charge on any atom is 0.0612 e. The van der Waals surface area contributed by atoms with Gasteiger partial charge in [0.1, 0.15) is 0 Å². The first-order valence-electron chi connectivity index (χ1n) is 13.4. The van der Waals surface area contributed by atoms with Gasteiger partial charge >= 0.3 is 0 Å². The van der Waals surface area contributed by atoms with Crippen molar-refractivity contribution in [1.29, 1.82) is 0 Å². The van der Waals surface area contributed by atoms with Crippen molar-refractivity contribution in [3.63, 3.8) is 0 Å². The molecule has 4 fully saturated rings. The molecule has 4 saturated carbocycles. The molecule has 0 spiro atoms. The first kappa shape index (κ1) is 24.9. The highest BCUT2D eigenvalue weighted by Gasteiger charge is 2.62. The first-order valence-corrected chi connectivity index (χ1v) is 13.4. The molecule has 0 saturated heterocycles. The van der Waals surface area contributed by atoms with E-state index in [4.69, 9.17) is 0 Å². The van der Waals surface area contributed by atoms with Crippen LogP contribution in [0.1, 0.15) is 85.0 Å². The molecule has 4 aliphatic carbocycles. The molecule has 5 nitrogen and oxygen atoms in total. The molecule has 0 amide bonds. The van der Waals surface area contributed by atoms with E-state index in [1.54, 1.807) is 0 Å². The van der Waals surface area contributed by atoms with E-state index < -0.39 is 12.0 Å². The van der Waals surface area contributed by atoms with E-state index in [9.17, 15) is 25.5 Å². The zero-order valence-corrected chi connectivity index (χ0v) is 20.5. The standard InChI is InChI=1S/C27H48O5/c1-16(4-7-23(31)17(14-28)15-29)20-5-6-21-25-22(9-11-27(20,21)3)26(2)10-8-19(30)12-18(26)13-24(25)32/h16-25,28-32H,4-15H2,1-3H3/t16-,18?,19-,20?,21?,22?,23-,24-,25?,26+,27-/m1/s1. The molecule has 32 heavy (non-hydrogen) atoms. The van der Waals surface area contributed by atoms with Crippen molar-refractivity contribution < 1.29 is 25.5 Å². The van der Waals surface area contributed by atoms with Gasteiger partial charge in [-0.3, -0.25) is 0 Å². The van der Waals surface area contributed by atoms with E-state index in [-0.39, 0.29) is 36.3 Å². The lowest BCUT2D eigenvalue weighted by Crippen LogP contribution is -2.58. The molecule has 4 aliphatic rings. The molecular weight excluding hydrogens is 404 g/mol. The molecule has 186 valence electrons. The minimum Gasteiger partial charge on any atom is -0.396 e. The second kappa shape index (κ2) is 9.45. The van der Waals surface area contributed by atoms with Crippen molar-refractivity contribution in [3.8, 4) is 0 Å². The summed E-state index contributed by atoms with van der Waals surface area (Å²) in [5, 5.41) is 50.7. The Morgan fingerprint density at radius 3 is 2.19 bits per heavy atom. The lowest BCUT2D eigenvalue weighted by molar-refractivity contribution is -0.174. The predicted octanol–water partition coefficient (Wildman–Crippen LogP) is 3.36. The minimum absolute atomic E-state index is 0.174. The van der Waals surface area contributed by atoms with E-state index in [1.807, 2.05) is 0 Å². The van der Waals surface area contributed by atoms with Crippen molar-refractivity contribution in [3.05, 3.63) is 0 Å².